The average Bonchev–Trinajstić information content (AvgIpc) is 2.29. The Balaban J connectivity index is 1.61. The topological polar surface area (TPSA) is 47.6 Å². The first kappa shape index (κ1) is 15.3. The molecule has 4 aliphatic rings. The zero-order valence-corrected chi connectivity index (χ0v) is 13.7. The van der Waals surface area contributed by atoms with E-state index in [4.69, 9.17) is 9.47 Å². The van der Waals surface area contributed by atoms with Crippen molar-refractivity contribution in [1.29, 1.82) is 0 Å². The van der Waals surface area contributed by atoms with Crippen LogP contribution in [0.15, 0.2) is 0 Å². The van der Waals surface area contributed by atoms with Gasteiger partial charge in [0.1, 0.15) is 6.61 Å². The monoisotopic (exact) mass is 295 g/mol. The molecule has 0 aliphatic heterocycles. The van der Waals surface area contributed by atoms with Gasteiger partial charge in [-0.1, -0.05) is 13.8 Å². The van der Waals surface area contributed by atoms with Gasteiger partial charge >= 0.3 is 0 Å². The van der Waals surface area contributed by atoms with Crippen LogP contribution in [0.5, 0.6) is 0 Å². The number of rotatable bonds is 6. The van der Waals surface area contributed by atoms with E-state index in [9.17, 15) is 4.79 Å². The highest BCUT2D eigenvalue weighted by Crippen LogP contribution is 2.66. The Labute approximate surface area is 127 Å². The fourth-order valence-electron chi connectivity index (χ4n) is 6.23. The Morgan fingerprint density at radius 3 is 2.33 bits per heavy atom. The number of hydrogen-bond donors (Lipinski definition) is 1. The average molecular weight is 295 g/mol. The molecule has 21 heavy (non-hydrogen) atoms. The van der Waals surface area contributed by atoms with Gasteiger partial charge in [-0.05, 0) is 55.3 Å². The van der Waals surface area contributed by atoms with Crippen molar-refractivity contribution in [2.75, 3.05) is 26.9 Å². The lowest BCUT2D eigenvalue weighted by Crippen LogP contribution is -2.65. The maximum Gasteiger partial charge on any atom is 0.246 e. The summed E-state index contributed by atoms with van der Waals surface area (Å²) in [7, 11) is 1.64. The Hall–Kier alpha value is -0.610. The summed E-state index contributed by atoms with van der Waals surface area (Å²) in [5.41, 5.74) is 0.890. The van der Waals surface area contributed by atoms with E-state index in [1.807, 2.05) is 0 Å². The first-order valence-corrected chi connectivity index (χ1v) is 8.24. The van der Waals surface area contributed by atoms with Gasteiger partial charge in [-0.15, -0.1) is 0 Å². The van der Waals surface area contributed by atoms with Crippen LogP contribution in [0.25, 0.3) is 0 Å². The third-order valence-electron chi connectivity index (χ3n) is 5.70. The third-order valence-corrected chi connectivity index (χ3v) is 5.70. The number of hydrogen-bond acceptors (Lipinski definition) is 3. The molecular weight excluding hydrogens is 266 g/mol. The predicted molar refractivity (Wildman–Crippen MR) is 81.0 cm³/mol. The molecule has 1 amide bonds. The number of carbonyl (C=O) groups excluding carboxylic acids is 1. The summed E-state index contributed by atoms with van der Waals surface area (Å²) in [5.74, 6) is 0.839. The molecule has 4 heteroatoms. The van der Waals surface area contributed by atoms with Crippen LogP contribution in [0, 0.1) is 16.7 Å². The molecule has 4 rings (SSSR count). The number of amides is 1. The van der Waals surface area contributed by atoms with Crippen molar-refractivity contribution in [3.8, 4) is 0 Å². The molecule has 0 aromatic heterocycles. The second kappa shape index (κ2) is 5.24. The smallest absolute Gasteiger partial charge is 0.246 e. The molecule has 0 aromatic carbocycles. The van der Waals surface area contributed by atoms with Crippen molar-refractivity contribution in [1.82, 2.24) is 5.32 Å². The lowest BCUT2D eigenvalue weighted by molar-refractivity contribution is -0.143. The molecule has 4 fully saturated rings. The van der Waals surface area contributed by atoms with E-state index >= 15 is 0 Å². The van der Waals surface area contributed by atoms with E-state index in [-0.39, 0.29) is 18.1 Å². The quantitative estimate of drug-likeness (QED) is 0.766. The highest BCUT2D eigenvalue weighted by atomic mass is 16.5. The first-order valence-electron chi connectivity index (χ1n) is 8.24. The first-order chi connectivity index (χ1) is 9.86. The SMILES string of the molecule is COCCOCC(=O)NC12CC3CC(C)(CC(C)(C3)C1)C2. The molecule has 120 valence electrons. The van der Waals surface area contributed by atoms with Gasteiger partial charge in [0.05, 0.1) is 13.2 Å². The number of nitrogens with one attached hydrogen (secondary N) is 1. The summed E-state index contributed by atoms with van der Waals surface area (Å²) in [6.07, 6.45) is 7.50. The zero-order valence-electron chi connectivity index (χ0n) is 13.7. The van der Waals surface area contributed by atoms with E-state index < -0.39 is 0 Å². The summed E-state index contributed by atoms with van der Waals surface area (Å²) in [6.45, 7) is 6.02. The Bertz CT molecular complexity index is 404. The van der Waals surface area contributed by atoms with Gasteiger partial charge in [0, 0.05) is 12.6 Å². The minimum atomic E-state index is 0.0324. The van der Waals surface area contributed by atoms with E-state index in [1.54, 1.807) is 7.11 Å². The minimum Gasteiger partial charge on any atom is -0.382 e. The van der Waals surface area contributed by atoms with Gasteiger partial charge in [0.25, 0.3) is 0 Å². The second-order valence-electron chi connectivity index (χ2n) is 8.50. The Morgan fingerprint density at radius 2 is 1.76 bits per heavy atom. The fraction of sp³-hybridized carbons (Fsp3) is 0.941. The van der Waals surface area contributed by atoms with Crippen molar-refractivity contribution in [2.24, 2.45) is 16.7 Å². The van der Waals surface area contributed by atoms with Crippen molar-refractivity contribution in [3.05, 3.63) is 0 Å². The van der Waals surface area contributed by atoms with Crippen LogP contribution < -0.4 is 5.32 Å². The highest BCUT2D eigenvalue weighted by Gasteiger charge is 2.60. The van der Waals surface area contributed by atoms with E-state index in [0.717, 1.165) is 18.8 Å². The number of ether oxygens (including phenoxy) is 2. The molecule has 0 aromatic rings. The van der Waals surface area contributed by atoms with Gasteiger partial charge in [0.15, 0.2) is 0 Å². The van der Waals surface area contributed by atoms with Gasteiger partial charge in [0.2, 0.25) is 5.91 Å². The van der Waals surface area contributed by atoms with Crippen LogP contribution in [0.2, 0.25) is 0 Å². The molecule has 2 atom stereocenters. The van der Waals surface area contributed by atoms with Gasteiger partial charge in [-0.3, -0.25) is 4.79 Å². The third kappa shape index (κ3) is 3.11. The molecular formula is C17H29NO3. The lowest BCUT2D eigenvalue weighted by atomic mass is 9.43. The summed E-state index contributed by atoms with van der Waals surface area (Å²) < 4.78 is 10.3. The molecule has 4 saturated carbocycles. The van der Waals surface area contributed by atoms with Gasteiger partial charge in [-0.2, -0.15) is 0 Å². The Kier molecular flexibility index (Phi) is 3.81. The summed E-state index contributed by atoms with van der Waals surface area (Å²) in [5, 5.41) is 3.35. The van der Waals surface area contributed by atoms with Crippen LogP contribution in [0.3, 0.4) is 0 Å². The molecule has 0 spiro atoms. The molecule has 4 nitrogen and oxygen atoms in total. The van der Waals surface area contributed by atoms with Crippen molar-refractivity contribution in [2.45, 2.75) is 57.9 Å². The second-order valence-corrected chi connectivity index (χ2v) is 8.50. The zero-order chi connectivity index (χ0) is 15.1. The molecule has 0 radical (unpaired) electrons. The molecule has 4 aliphatic carbocycles. The number of methoxy groups -OCH3 is 1. The standard InChI is InChI=1S/C17H29NO3/c1-15-6-13-7-16(2,10-15)12-17(8-13,11-15)18-14(19)9-21-5-4-20-3/h13H,4-12H2,1-3H3,(H,18,19). The van der Waals surface area contributed by atoms with Crippen molar-refractivity contribution in [3.63, 3.8) is 0 Å². The maximum absolute atomic E-state index is 12.2. The van der Waals surface area contributed by atoms with E-state index in [0.29, 0.717) is 24.0 Å². The highest BCUT2D eigenvalue weighted by molar-refractivity contribution is 5.78. The van der Waals surface area contributed by atoms with Crippen LogP contribution in [0.1, 0.15) is 52.4 Å². The van der Waals surface area contributed by atoms with Crippen LogP contribution in [-0.2, 0) is 14.3 Å². The van der Waals surface area contributed by atoms with Crippen molar-refractivity contribution < 1.29 is 14.3 Å². The molecule has 4 bridgehead atoms. The molecule has 2 unspecified atom stereocenters. The predicted octanol–water partition coefficient (Wildman–Crippen LogP) is 2.51. The molecule has 0 heterocycles. The van der Waals surface area contributed by atoms with Gasteiger partial charge in [-0.25, -0.2) is 0 Å². The minimum absolute atomic E-state index is 0.0324. The van der Waals surface area contributed by atoms with Gasteiger partial charge < -0.3 is 14.8 Å². The summed E-state index contributed by atoms with van der Waals surface area (Å²) >= 11 is 0. The number of carbonyl (C=O) groups is 1. The normalized spacial score (nSPS) is 44.0. The maximum atomic E-state index is 12.2. The lowest BCUT2D eigenvalue weighted by Gasteiger charge is -2.65. The summed E-state index contributed by atoms with van der Waals surface area (Å²) in [4.78, 5) is 12.2. The summed E-state index contributed by atoms with van der Waals surface area (Å²) in [6, 6.07) is 0. The molecule has 0 saturated heterocycles. The van der Waals surface area contributed by atoms with Crippen LogP contribution in [0.4, 0.5) is 0 Å². The van der Waals surface area contributed by atoms with E-state index in [2.05, 4.69) is 19.2 Å². The Morgan fingerprint density at radius 1 is 1.10 bits per heavy atom. The van der Waals surface area contributed by atoms with Crippen molar-refractivity contribution >= 4 is 5.91 Å². The van der Waals surface area contributed by atoms with Crippen LogP contribution in [-0.4, -0.2) is 38.4 Å². The molecule has 1 N–H and O–H groups in total. The van der Waals surface area contributed by atoms with E-state index in [1.165, 1.54) is 25.7 Å². The fourth-order valence-corrected chi connectivity index (χ4v) is 6.23. The largest absolute Gasteiger partial charge is 0.382 e. The van der Waals surface area contributed by atoms with Crippen LogP contribution >= 0.6 is 0 Å².